The molecular formula is C9H7N3O2. The Morgan fingerprint density at radius 1 is 1.71 bits per heavy atom. The van der Waals surface area contributed by atoms with Gasteiger partial charge in [-0.2, -0.15) is 15.5 Å². The van der Waals surface area contributed by atoms with Gasteiger partial charge in [0.15, 0.2) is 0 Å². The molecule has 0 radical (unpaired) electrons. The van der Waals surface area contributed by atoms with Crippen molar-refractivity contribution in [2.45, 2.75) is 0 Å². The molecule has 0 N–H and O–H groups in total. The van der Waals surface area contributed by atoms with E-state index in [0.717, 1.165) is 0 Å². The number of nitrogens with zero attached hydrogens (tertiary/aromatic N) is 3. The van der Waals surface area contributed by atoms with Crippen molar-refractivity contribution in [2.75, 3.05) is 7.11 Å². The zero-order valence-electron chi connectivity index (χ0n) is 7.47. The molecule has 0 saturated carbocycles. The van der Waals surface area contributed by atoms with Gasteiger partial charge in [0.2, 0.25) is 0 Å². The van der Waals surface area contributed by atoms with E-state index >= 15 is 0 Å². The van der Waals surface area contributed by atoms with E-state index in [4.69, 9.17) is 5.26 Å². The number of rotatable bonds is 2. The molecule has 0 atom stereocenters. The fraction of sp³-hybridized carbons (Fsp3) is 0.111. The lowest BCUT2D eigenvalue weighted by Gasteiger charge is -1.95. The van der Waals surface area contributed by atoms with Crippen molar-refractivity contribution < 1.29 is 9.53 Å². The topological polar surface area (TPSA) is 75.9 Å². The first-order chi connectivity index (χ1) is 6.77. The molecule has 1 aromatic rings. The lowest BCUT2D eigenvalue weighted by Crippen LogP contribution is -2.02. The smallest absolute Gasteiger partial charge is 0.348 e. The number of hydrogen-bond acceptors (Lipinski definition) is 5. The Morgan fingerprint density at radius 3 is 3.00 bits per heavy atom. The van der Waals surface area contributed by atoms with Crippen molar-refractivity contribution in [2.24, 2.45) is 0 Å². The maximum Gasteiger partial charge on any atom is 0.348 e. The molecule has 0 aromatic carbocycles. The number of ether oxygens (including phenoxy) is 1. The van der Waals surface area contributed by atoms with Crippen LogP contribution in [0.3, 0.4) is 0 Å². The van der Waals surface area contributed by atoms with Gasteiger partial charge in [0.05, 0.1) is 12.8 Å². The molecule has 0 saturated heterocycles. The van der Waals surface area contributed by atoms with Crippen LogP contribution >= 0.6 is 0 Å². The van der Waals surface area contributed by atoms with Gasteiger partial charge in [-0.15, -0.1) is 0 Å². The summed E-state index contributed by atoms with van der Waals surface area (Å²) in [4.78, 5) is 11.0. The van der Waals surface area contributed by atoms with E-state index < -0.39 is 5.97 Å². The van der Waals surface area contributed by atoms with Crippen molar-refractivity contribution in [1.29, 1.82) is 5.26 Å². The van der Waals surface area contributed by atoms with Gasteiger partial charge in [-0.1, -0.05) is 0 Å². The molecule has 0 bridgehead atoms. The first-order valence-corrected chi connectivity index (χ1v) is 3.75. The Kier molecular flexibility index (Phi) is 3.33. The predicted molar refractivity (Wildman–Crippen MR) is 47.6 cm³/mol. The Hall–Kier alpha value is -2.22. The molecule has 0 spiro atoms. The van der Waals surface area contributed by atoms with Crippen LogP contribution in [0, 0.1) is 11.3 Å². The molecule has 0 fully saturated rings. The monoisotopic (exact) mass is 189 g/mol. The van der Waals surface area contributed by atoms with Gasteiger partial charge in [-0.05, 0) is 18.2 Å². The van der Waals surface area contributed by atoms with E-state index in [0.29, 0.717) is 5.69 Å². The maximum absolute atomic E-state index is 11.0. The summed E-state index contributed by atoms with van der Waals surface area (Å²) in [6, 6.07) is 5.01. The molecule has 1 aromatic heterocycles. The minimum Gasteiger partial charge on any atom is -0.465 e. The number of carbonyl (C=O) groups is 1. The highest BCUT2D eigenvalue weighted by molar-refractivity contribution is 5.97. The van der Waals surface area contributed by atoms with E-state index in [2.05, 4.69) is 14.9 Å². The van der Waals surface area contributed by atoms with Gasteiger partial charge in [-0.3, -0.25) is 0 Å². The molecule has 5 nitrogen and oxygen atoms in total. The van der Waals surface area contributed by atoms with Crippen molar-refractivity contribution >= 4 is 12.0 Å². The molecule has 70 valence electrons. The zero-order valence-corrected chi connectivity index (χ0v) is 7.47. The minimum absolute atomic E-state index is 0.104. The number of esters is 1. The number of carbonyl (C=O) groups excluding carboxylic acids is 1. The van der Waals surface area contributed by atoms with Crippen LogP contribution in [-0.2, 0) is 9.53 Å². The lowest BCUT2D eigenvalue weighted by molar-refractivity contribution is -0.135. The molecule has 1 rings (SSSR count). The molecule has 0 amide bonds. The molecule has 5 heteroatoms. The standard InChI is InChI=1S/C9H7N3O2/c1-14-9(13)7(6-10)5-8-3-2-4-11-12-8/h2-5H,1H3/b7-5+. The van der Waals surface area contributed by atoms with Gasteiger partial charge >= 0.3 is 5.97 Å². The normalized spacial score (nSPS) is 10.4. The summed E-state index contributed by atoms with van der Waals surface area (Å²) in [5.41, 5.74) is 0.336. The second kappa shape index (κ2) is 4.72. The van der Waals surface area contributed by atoms with E-state index in [1.165, 1.54) is 19.4 Å². The molecular weight excluding hydrogens is 182 g/mol. The number of methoxy groups -OCH3 is 1. The second-order valence-electron chi connectivity index (χ2n) is 2.31. The van der Waals surface area contributed by atoms with Gasteiger partial charge in [0, 0.05) is 6.20 Å². The highest BCUT2D eigenvalue weighted by Gasteiger charge is 2.08. The van der Waals surface area contributed by atoms with Gasteiger partial charge in [-0.25, -0.2) is 4.79 Å². The van der Waals surface area contributed by atoms with Crippen LogP contribution in [0.5, 0.6) is 0 Å². The van der Waals surface area contributed by atoms with Crippen LogP contribution in [0.2, 0.25) is 0 Å². The van der Waals surface area contributed by atoms with Crippen LogP contribution in [0.15, 0.2) is 23.9 Å². The van der Waals surface area contributed by atoms with E-state index in [1.54, 1.807) is 18.2 Å². The fourth-order valence-electron chi connectivity index (χ4n) is 0.785. The van der Waals surface area contributed by atoms with Gasteiger partial charge in [0.25, 0.3) is 0 Å². The first-order valence-electron chi connectivity index (χ1n) is 3.75. The zero-order chi connectivity index (χ0) is 10.4. The van der Waals surface area contributed by atoms with E-state index in [1.807, 2.05) is 0 Å². The number of nitriles is 1. The fourth-order valence-corrected chi connectivity index (χ4v) is 0.785. The molecule has 0 aliphatic rings. The van der Waals surface area contributed by atoms with E-state index in [9.17, 15) is 4.79 Å². The Balaban J connectivity index is 2.97. The van der Waals surface area contributed by atoms with Crippen LogP contribution in [0.25, 0.3) is 6.08 Å². The Labute approximate surface area is 80.6 Å². The summed E-state index contributed by atoms with van der Waals surface area (Å²) in [5, 5.41) is 15.9. The lowest BCUT2D eigenvalue weighted by atomic mass is 10.2. The van der Waals surface area contributed by atoms with Crippen LogP contribution in [-0.4, -0.2) is 23.3 Å². The van der Waals surface area contributed by atoms with Crippen molar-refractivity contribution in [3.05, 3.63) is 29.6 Å². The molecule has 0 aliphatic heterocycles. The molecule has 0 unspecified atom stereocenters. The van der Waals surface area contributed by atoms with Crippen molar-refractivity contribution in [3.63, 3.8) is 0 Å². The Bertz CT molecular complexity index is 392. The number of aromatic nitrogens is 2. The van der Waals surface area contributed by atoms with Crippen molar-refractivity contribution in [3.8, 4) is 6.07 Å². The summed E-state index contributed by atoms with van der Waals surface area (Å²) in [7, 11) is 1.21. The maximum atomic E-state index is 11.0. The van der Waals surface area contributed by atoms with Crippen LogP contribution in [0.1, 0.15) is 5.69 Å². The second-order valence-corrected chi connectivity index (χ2v) is 2.31. The SMILES string of the molecule is COC(=O)/C(C#N)=C/c1cccnn1. The summed E-state index contributed by atoms with van der Waals surface area (Å²) in [5.74, 6) is -0.682. The summed E-state index contributed by atoms with van der Waals surface area (Å²) < 4.78 is 4.40. The van der Waals surface area contributed by atoms with Gasteiger partial charge < -0.3 is 4.74 Å². The highest BCUT2D eigenvalue weighted by atomic mass is 16.5. The highest BCUT2D eigenvalue weighted by Crippen LogP contribution is 2.03. The molecule has 0 aliphatic carbocycles. The average Bonchev–Trinajstić information content (AvgIpc) is 2.26. The quantitative estimate of drug-likeness (QED) is 0.386. The van der Waals surface area contributed by atoms with Crippen molar-refractivity contribution in [1.82, 2.24) is 10.2 Å². The third kappa shape index (κ3) is 2.38. The summed E-state index contributed by atoms with van der Waals surface area (Å²) >= 11 is 0. The molecule has 1 heterocycles. The number of hydrogen-bond donors (Lipinski definition) is 0. The third-order valence-corrected chi connectivity index (χ3v) is 1.41. The minimum atomic E-state index is -0.682. The third-order valence-electron chi connectivity index (χ3n) is 1.41. The van der Waals surface area contributed by atoms with E-state index in [-0.39, 0.29) is 5.57 Å². The summed E-state index contributed by atoms with van der Waals surface area (Å²) in [6.07, 6.45) is 2.82. The largest absolute Gasteiger partial charge is 0.465 e. The van der Waals surface area contributed by atoms with Crippen LogP contribution < -0.4 is 0 Å². The first kappa shape index (κ1) is 9.86. The summed E-state index contributed by atoms with van der Waals surface area (Å²) in [6.45, 7) is 0. The average molecular weight is 189 g/mol. The Morgan fingerprint density at radius 2 is 2.50 bits per heavy atom. The predicted octanol–water partition coefficient (Wildman–Crippen LogP) is 0.557. The van der Waals surface area contributed by atoms with Gasteiger partial charge in [0.1, 0.15) is 11.6 Å². The van der Waals surface area contributed by atoms with Crippen LogP contribution in [0.4, 0.5) is 0 Å². The molecule has 14 heavy (non-hydrogen) atoms.